The van der Waals surface area contributed by atoms with E-state index >= 15 is 0 Å². The number of aromatic carboxylic acids is 1. The summed E-state index contributed by atoms with van der Waals surface area (Å²) in [6, 6.07) is 11.3. The maximum atomic E-state index is 11.3. The first-order valence-corrected chi connectivity index (χ1v) is 7.06. The predicted octanol–water partition coefficient (Wildman–Crippen LogP) is 3.42. The molecule has 5 heteroatoms. The topological polar surface area (TPSA) is 68.0 Å². The normalized spacial score (nSPS) is 11.8. The Bertz CT molecular complexity index is 854. The van der Waals surface area contributed by atoms with E-state index in [1.807, 2.05) is 51.1 Å². The van der Waals surface area contributed by atoms with E-state index in [4.69, 9.17) is 0 Å². The van der Waals surface area contributed by atoms with Crippen molar-refractivity contribution in [2.75, 3.05) is 0 Å². The molecule has 0 fully saturated rings. The minimum atomic E-state index is -1.03. The molecule has 0 amide bonds. The molecule has 0 spiro atoms. The summed E-state index contributed by atoms with van der Waals surface area (Å²) in [7, 11) is 0. The summed E-state index contributed by atoms with van der Waals surface area (Å²) in [6.07, 6.45) is 1.73. The smallest absolute Gasteiger partial charge is 0.356 e. The van der Waals surface area contributed by atoms with Gasteiger partial charge in [0.1, 0.15) is 0 Å². The Morgan fingerprint density at radius 1 is 1.18 bits per heavy atom. The van der Waals surface area contributed by atoms with Gasteiger partial charge in [0, 0.05) is 17.0 Å². The first-order chi connectivity index (χ1) is 10.4. The van der Waals surface area contributed by atoms with Crippen molar-refractivity contribution < 1.29 is 9.90 Å². The van der Waals surface area contributed by atoms with E-state index in [1.165, 1.54) is 0 Å². The van der Waals surface area contributed by atoms with Crippen LogP contribution in [0.5, 0.6) is 0 Å². The highest BCUT2D eigenvalue weighted by Crippen LogP contribution is 2.28. The van der Waals surface area contributed by atoms with Crippen LogP contribution >= 0.6 is 0 Å². The highest BCUT2D eigenvalue weighted by Gasteiger charge is 2.24. The van der Waals surface area contributed by atoms with Gasteiger partial charge in [-0.05, 0) is 18.2 Å². The third kappa shape index (κ3) is 2.35. The molecule has 0 unspecified atom stereocenters. The van der Waals surface area contributed by atoms with Crippen molar-refractivity contribution in [2.24, 2.45) is 0 Å². The van der Waals surface area contributed by atoms with E-state index in [1.54, 1.807) is 16.9 Å². The number of fused-ring (bicyclic) bond motifs is 1. The molecule has 0 aliphatic carbocycles. The highest BCUT2D eigenvalue weighted by molar-refractivity contribution is 5.88. The Morgan fingerprint density at radius 2 is 1.91 bits per heavy atom. The third-order valence-corrected chi connectivity index (χ3v) is 3.54. The summed E-state index contributed by atoms with van der Waals surface area (Å²) < 4.78 is 1.69. The maximum absolute atomic E-state index is 11.3. The molecule has 2 heterocycles. The van der Waals surface area contributed by atoms with Crippen molar-refractivity contribution in [1.29, 1.82) is 0 Å². The SMILES string of the molecule is CC(C)(C)c1cc(C(=O)O)nn1-c1cccc2cccnc12. The second kappa shape index (κ2) is 4.94. The van der Waals surface area contributed by atoms with Gasteiger partial charge in [0.15, 0.2) is 5.69 Å². The van der Waals surface area contributed by atoms with Crippen LogP contribution in [-0.2, 0) is 5.41 Å². The van der Waals surface area contributed by atoms with Crippen LogP contribution in [0.4, 0.5) is 0 Å². The molecule has 1 aromatic carbocycles. The molecule has 0 bridgehead atoms. The van der Waals surface area contributed by atoms with E-state index in [2.05, 4.69) is 10.1 Å². The lowest BCUT2D eigenvalue weighted by molar-refractivity contribution is 0.0690. The van der Waals surface area contributed by atoms with Crippen LogP contribution in [-0.4, -0.2) is 25.8 Å². The van der Waals surface area contributed by atoms with Gasteiger partial charge in [-0.2, -0.15) is 5.10 Å². The predicted molar refractivity (Wildman–Crippen MR) is 84.5 cm³/mol. The Hall–Kier alpha value is -2.69. The van der Waals surface area contributed by atoms with Crippen molar-refractivity contribution in [3.05, 3.63) is 54.0 Å². The summed E-state index contributed by atoms with van der Waals surface area (Å²) in [4.78, 5) is 15.7. The molecule has 0 atom stereocenters. The highest BCUT2D eigenvalue weighted by atomic mass is 16.4. The summed E-state index contributed by atoms with van der Waals surface area (Å²) in [6.45, 7) is 6.10. The van der Waals surface area contributed by atoms with Crippen LogP contribution in [0, 0.1) is 0 Å². The van der Waals surface area contributed by atoms with Crippen molar-refractivity contribution in [2.45, 2.75) is 26.2 Å². The number of hydrogen-bond donors (Lipinski definition) is 1. The van der Waals surface area contributed by atoms with Gasteiger partial charge < -0.3 is 5.11 Å². The molecule has 0 saturated heterocycles. The number of benzene rings is 1. The molecular weight excluding hydrogens is 278 g/mol. The van der Waals surface area contributed by atoms with Crippen LogP contribution < -0.4 is 0 Å². The van der Waals surface area contributed by atoms with E-state index in [-0.39, 0.29) is 11.1 Å². The number of carboxylic acids is 1. The first kappa shape index (κ1) is 14.3. The van der Waals surface area contributed by atoms with E-state index < -0.39 is 5.97 Å². The monoisotopic (exact) mass is 295 g/mol. The minimum absolute atomic E-state index is 0.0397. The lowest BCUT2D eigenvalue weighted by atomic mass is 9.91. The molecule has 0 aliphatic heterocycles. The minimum Gasteiger partial charge on any atom is -0.476 e. The van der Waals surface area contributed by atoms with Gasteiger partial charge in [-0.15, -0.1) is 0 Å². The van der Waals surface area contributed by atoms with Crippen molar-refractivity contribution in [1.82, 2.24) is 14.8 Å². The molecule has 0 aliphatic rings. The van der Waals surface area contributed by atoms with Gasteiger partial charge >= 0.3 is 5.97 Å². The van der Waals surface area contributed by atoms with Crippen LogP contribution in [0.3, 0.4) is 0 Å². The molecule has 22 heavy (non-hydrogen) atoms. The van der Waals surface area contributed by atoms with Crippen LogP contribution in [0.15, 0.2) is 42.6 Å². The second-order valence-electron chi connectivity index (χ2n) is 6.23. The van der Waals surface area contributed by atoms with Gasteiger partial charge in [-0.1, -0.05) is 39.0 Å². The van der Waals surface area contributed by atoms with E-state index in [9.17, 15) is 9.90 Å². The average molecular weight is 295 g/mol. The number of carboxylic acid groups (broad SMARTS) is 1. The lowest BCUT2D eigenvalue weighted by Gasteiger charge is -2.20. The molecular formula is C17H17N3O2. The fourth-order valence-corrected chi connectivity index (χ4v) is 2.46. The fourth-order valence-electron chi connectivity index (χ4n) is 2.46. The molecule has 5 nitrogen and oxygen atoms in total. The van der Waals surface area contributed by atoms with Gasteiger partial charge in [0.25, 0.3) is 0 Å². The lowest BCUT2D eigenvalue weighted by Crippen LogP contribution is -2.17. The van der Waals surface area contributed by atoms with Gasteiger partial charge in [0.05, 0.1) is 16.9 Å². The molecule has 2 aromatic heterocycles. The standard InChI is InChI=1S/C17H17N3O2/c1-17(2,3)14-10-12(16(21)22)19-20(14)13-8-4-6-11-7-5-9-18-15(11)13/h4-10H,1-3H3,(H,21,22). The number of carbonyl (C=O) groups is 1. The summed E-state index contributed by atoms with van der Waals surface area (Å²) >= 11 is 0. The number of para-hydroxylation sites is 1. The molecule has 0 saturated carbocycles. The molecule has 3 rings (SSSR count). The molecule has 0 radical (unpaired) electrons. The number of hydrogen-bond acceptors (Lipinski definition) is 3. The molecule has 3 aromatic rings. The Kier molecular flexibility index (Phi) is 3.20. The number of aromatic nitrogens is 3. The van der Waals surface area contributed by atoms with E-state index in [0.717, 1.165) is 22.3 Å². The number of nitrogens with zero attached hydrogens (tertiary/aromatic N) is 3. The van der Waals surface area contributed by atoms with Gasteiger partial charge in [0.2, 0.25) is 0 Å². The summed E-state index contributed by atoms with van der Waals surface area (Å²) in [5.74, 6) is -1.03. The molecule has 112 valence electrons. The zero-order valence-electron chi connectivity index (χ0n) is 12.7. The Morgan fingerprint density at radius 3 is 2.59 bits per heavy atom. The first-order valence-electron chi connectivity index (χ1n) is 7.06. The second-order valence-corrected chi connectivity index (χ2v) is 6.23. The van der Waals surface area contributed by atoms with Crippen LogP contribution in [0.2, 0.25) is 0 Å². The van der Waals surface area contributed by atoms with Gasteiger partial charge in [-0.25, -0.2) is 9.48 Å². The number of rotatable bonds is 2. The van der Waals surface area contributed by atoms with E-state index in [0.29, 0.717) is 0 Å². The quantitative estimate of drug-likeness (QED) is 0.786. The maximum Gasteiger partial charge on any atom is 0.356 e. The Balaban J connectivity index is 2.33. The molecule has 1 N–H and O–H groups in total. The summed E-state index contributed by atoms with van der Waals surface area (Å²) in [5, 5.41) is 14.5. The zero-order chi connectivity index (χ0) is 15.9. The zero-order valence-corrected chi connectivity index (χ0v) is 12.7. The van der Waals surface area contributed by atoms with Crippen molar-refractivity contribution in [3.8, 4) is 5.69 Å². The van der Waals surface area contributed by atoms with Crippen molar-refractivity contribution >= 4 is 16.9 Å². The van der Waals surface area contributed by atoms with Crippen molar-refractivity contribution in [3.63, 3.8) is 0 Å². The largest absolute Gasteiger partial charge is 0.476 e. The van der Waals surface area contributed by atoms with Crippen LogP contribution in [0.1, 0.15) is 37.0 Å². The Labute approximate surface area is 128 Å². The fraction of sp³-hybridized carbons (Fsp3) is 0.235. The van der Waals surface area contributed by atoms with Crippen LogP contribution in [0.25, 0.3) is 16.6 Å². The van der Waals surface area contributed by atoms with Gasteiger partial charge in [-0.3, -0.25) is 4.98 Å². The number of pyridine rings is 1. The summed E-state index contributed by atoms with van der Waals surface area (Å²) in [5.41, 5.74) is 2.23. The average Bonchev–Trinajstić information content (AvgIpc) is 2.92. The third-order valence-electron chi connectivity index (χ3n) is 3.54.